The molecule has 14 heteroatoms. The van der Waals surface area contributed by atoms with Crippen LogP contribution < -0.4 is 16.0 Å². The highest BCUT2D eigenvalue weighted by Gasteiger charge is 2.33. The number of aromatic nitrogens is 2. The molecule has 4 heterocycles. The molecule has 2 aromatic carbocycles. The van der Waals surface area contributed by atoms with E-state index in [4.69, 9.17) is 20.4 Å². The first-order chi connectivity index (χ1) is 27.6. The second-order valence-corrected chi connectivity index (χ2v) is 16.0. The summed E-state index contributed by atoms with van der Waals surface area (Å²) in [4.78, 5) is 24.1. The van der Waals surface area contributed by atoms with Crippen LogP contribution in [0.1, 0.15) is 145 Å². The molecule has 1 saturated heterocycles. The summed E-state index contributed by atoms with van der Waals surface area (Å²) in [5.74, 6) is -0.306. The first-order valence-electron chi connectivity index (χ1n) is 20.8. The fourth-order valence-corrected chi connectivity index (χ4v) is 6.94. The lowest BCUT2D eigenvalue weighted by Crippen LogP contribution is -2.29. The molecule has 3 N–H and O–H groups in total. The SMILES string of the molecule is CC.CC.CC(F)(F)P.CCCC.CCCC.CCCC(Nc1nc(N2CCC(C)C2)nc2c(F)c(-c3c(F)ccc4sc(N)c(C#N)c34)c3c(c12)COC3)C(C)=O. The van der Waals surface area contributed by atoms with Crippen LogP contribution in [-0.2, 0) is 22.7 Å². The van der Waals surface area contributed by atoms with Crippen LogP contribution in [0.15, 0.2) is 12.1 Å². The van der Waals surface area contributed by atoms with E-state index in [-0.39, 0.29) is 51.6 Å². The zero-order valence-electron chi connectivity index (χ0n) is 36.8. The number of hydrogen-bond donors (Lipinski definition) is 2. The Bertz CT molecular complexity index is 1930. The molecule has 0 radical (unpaired) electrons. The van der Waals surface area contributed by atoms with Crippen LogP contribution >= 0.6 is 20.6 Å². The number of ether oxygens (including phenoxy) is 1. The van der Waals surface area contributed by atoms with Gasteiger partial charge < -0.3 is 20.7 Å². The summed E-state index contributed by atoms with van der Waals surface area (Å²) in [7, 11) is 1.38. The highest BCUT2D eigenvalue weighted by molar-refractivity contribution is 7.23. The lowest BCUT2D eigenvalue weighted by molar-refractivity contribution is -0.117. The van der Waals surface area contributed by atoms with Crippen LogP contribution in [0.3, 0.4) is 0 Å². The molecule has 0 amide bonds. The molecule has 3 unspecified atom stereocenters. The van der Waals surface area contributed by atoms with Gasteiger partial charge in [-0.3, -0.25) is 4.79 Å². The zero-order chi connectivity index (χ0) is 44.3. The Morgan fingerprint density at radius 1 is 1.02 bits per heavy atom. The number of benzene rings is 2. The molecule has 2 aliphatic heterocycles. The van der Waals surface area contributed by atoms with Crippen LogP contribution in [0.2, 0.25) is 0 Å². The monoisotopic (exact) mass is 850 g/mol. The van der Waals surface area contributed by atoms with E-state index in [0.29, 0.717) is 58.4 Å². The van der Waals surface area contributed by atoms with Gasteiger partial charge in [0.25, 0.3) is 5.66 Å². The number of nitrogen functional groups attached to an aromatic ring is 1. The molecule has 8 nitrogen and oxygen atoms in total. The Kier molecular flexibility index (Phi) is 23.3. The van der Waals surface area contributed by atoms with Crippen LogP contribution in [0.25, 0.3) is 32.1 Å². The van der Waals surface area contributed by atoms with E-state index in [1.807, 2.05) is 39.5 Å². The van der Waals surface area contributed by atoms with Crippen molar-refractivity contribution in [3.63, 3.8) is 0 Å². The summed E-state index contributed by atoms with van der Waals surface area (Å²) in [6, 6.07) is 4.39. The van der Waals surface area contributed by atoms with Crippen molar-refractivity contribution in [3.8, 4) is 17.2 Å². The molecule has 58 heavy (non-hydrogen) atoms. The van der Waals surface area contributed by atoms with Gasteiger partial charge in [-0.25, -0.2) is 22.5 Å². The van der Waals surface area contributed by atoms with E-state index < -0.39 is 23.3 Å². The summed E-state index contributed by atoms with van der Waals surface area (Å²) in [6.45, 7) is 24.8. The molecule has 0 aliphatic carbocycles. The van der Waals surface area contributed by atoms with Crippen molar-refractivity contribution < 1.29 is 27.1 Å². The molecular formula is C44H67F4N6O2PS. The predicted molar refractivity (Wildman–Crippen MR) is 241 cm³/mol. The van der Waals surface area contributed by atoms with E-state index in [0.717, 1.165) is 31.1 Å². The smallest absolute Gasteiger partial charge is 0.256 e. The number of halogens is 4. The Morgan fingerprint density at radius 3 is 2.07 bits per heavy atom. The van der Waals surface area contributed by atoms with Gasteiger partial charge in [0.05, 0.1) is 30.2 Å². The number of alkyl halides is 2. The minimum atomic E-state index is -2.58. The third-order valence-electron chi connectivity index (χ3n) is 9.07. The third kappa shape index (κ3) is 14.0. The molecule has 324 valence electrons. The number of thiophene rings is 1. The van der Waals surface area contributed by atoms with Gasteiger partial charge in [-0.15, -0.1) is 11.3 Å². The molecule has 0 bridgehead atoms. The van der Waals surface area contributed by atoms with Gasteiger partial charge in [-0.1, -0.05) is 111 Å². The zero-order valence-corrected chi connectivity index (χ0v) is 38.7. The van der Waals surface area contributed by atoms with Crippen LogP contribution in [0.4, 0.5) is 34.3 Å². The van der Waals surface area contributed by atoms with Gasteiger partial charge in [0, 0.05) is 41.2 Å². The molecule has 0 spiro atoms. The number of carbonyl (C=O) groups is 1. The summed E-state index contributed by atoms with van der Waals surface area (Å²) in [6.07, 6.45) is 7.58. The number of carbonyl (C=O) groups excluding carboxylic acids is 1. The third-order valence-corrected chi connectivity index (χ3v) is 10.0. The maximum atomic E-state index is 17.0. The van der Waals surface area contributed by atoms with E-state index in [2.05, 4.69) is 46.0 Å². The van der Waals surface area contributed by atoms with Gasteiger partial charge in [0.15, 0.2) is 11.6 Å². The summed E-state index contributed by atoms with van der Waals surface area (Å²) >= 11 is 1.16. The minimum Gasteiger partial charge on any atom is -0.389 e. The molecule has 6 rings (SSSR count). The number of nitrogens with zero attached hydrogens (tertiary/aromatic N) is 4. The quantitative estimate of drug-likeness (QED) is 0.126. The largest absolute Gasteiger partial charge is 0.389 e. The Balaban J connectivity index is 0.000000849. The Hall–Kier alpha value is -3.59. The van der Waals surface area contributed by atoms with E-state index in [1.54, 1.807) is 6.07 Å². The van der Waals surface area contributed by atoms with Crippen LogP contribution in [-0.4, -0.2) is 40.5 Å². The highest BCUT2D eigenvalue weighted by atomic mass is 32.1. The van der Waals surface area contributed by atoms with Gasteiger partial charge in [-0.2, -0.15) is 10.2 Å². The first-order valence-corrected chi connectivity index (χ1v) is 22.2. The number of ketones is 1. The maximum absolute atomic E-state index is 17.0. The number of unbranched alkanes of at least 4 members (excludes halogenated alkanes) is 2. The molecule has 3 atom stereocenters. The van der Waals surface area contributed by atoms with Crippen LogP contribution in [0, 0.1) is 28.9 Å². The fourth-order valence-electron chi connectivity index (χ4n) is 6.01. The Labute approximate surface area is 350 Å². The fraction of sp³-hybridized carbons (Fsp3) is 0.591. The molecule has 2 aliphatic rings. The normalized spacial score (nSPS) is 14.5. The van der Waals surface area contributed by atoms with E-state index in [1.165, 1.54) is 47.9 Å². The number of rotatable bonds is 9. The highest BCUT2D eigenvalue weighted by Crippen LogP contribution is 2.47. The lowest BCUT2D eigenvalue weighted by Gasteiger charge is -2.23. The van der Waals surface area contributed by atoms with Crippen molar-refractivity contribution >= 4 is 64.1 Å². The number of nitrogens with one attached hydrogen (secondary N) is 1. The molecule has 2 aromatic heterocycles. The molecule has 1 fully saturated rings. The number of nitriles is 1. The summed E-state index contributed by atoms with van der Waals surface area (Å²) in [5, 5.41) is 14.1. The standard InChI is InChI=1S/C30H30F2N6O2S.2C4H10.C2H5F2P.2C2H6/c1-4-5-20(15(3)39)35-29-24-18-13-40-12-17(18)23(25-19(31)6-7-21-22(25)16(10-33)28(34)41-21)26(32)27(24)36-30(37-29)38-9-8-14(2)11-38;2*1-3-4-2;1-2(3,4)5;2*1-2/h6-7,14,20H,4-5,8-9,11-13,34H2,1-3H3,(H,35,36,37);2*3-4H2,1-2H3;5H2,1H3;2*1-2H3. The topological polar surface area (TPSA) is 117 Å². The lowest BCUT2D eigenvalue weighted by atomic mass is 9.90. The van der Waals surface area contributed by atoms with Crippen LogP contribution in [0.5, 0.6) is 0 Å². The predicted octanol–water partition coefficient (Wildman–Crippen LogP) is 13.4. The molecule has 0 saturated carbocycles. The van der Waals surface area contributed by atoms with Crippen molar-refractivity contribution in [3.05, 3.63) is 40.5 Å². The average Bonchev–Trinajstić information content (AvgIpc) is 3.94. The van der Waals surface area contributed by atoms with Crippen molar-refractivity contribution in [2.45, 2.75) is 153 Å². The minimum absolute atomic E-state index is 0.0180. The number of Topliss-reactive ketones (excluding diaryl/α,β-unsaturated/α-hetero) is 1. The van der Waals surface area contributed by atoms with Crippen molar-refractivity contribution in [1.29, 1.82) is 5.26 Å². The van der Waals surface area contributed by atoms with Gasteiger partial charge in [-0.05, 0) is 48.9 Å². The first kappa shape index (κ1) is 52.4. The summed E-state index contributed by atoms with van der Waals surface area (Å²) in [5.41, 5.74) is 4.77. The maximum Gasteiger partial charge on any atom is 0.256 e. The second-order valence-electron chi connectivity index (χ2n) is 13.9. The van der Waals surface area contributed by atoms with Crippen molar-refractivity contribution in [2.75, 3.05) is 29.0 Å². The van der Waals surface area contributed by atoms with Crippen molar-refractivity contribution in [1.82, 2.24) is 9.97 Å². The number of anilines is 3. The van der Waals surface area contributed by atoms with Gasteiger partial charge in [0.2, 0.25) is 5.95 Å². The molecule has 4 aromatic rings. The second kappa shape index (κ2) is 25.8. The number of fused-ring (bicyclic) bond motifs is 4. The number of hydrogen-bond acceptors (Lipinski definition) is 9. The van der Waals surface area contributed by atoms with Gasteiger partial charge in [0.1, 0.15) is 28.2 Å². The summed E-state index contributed by atoms with van der Waals surface area (Å²) < 4.78 is 61.1. The van der Waals surface area contributed by atoms with E-state index in [9.17, 15) is 18.8 Å². The average molecular weight is 851 g/mol. The Morgan fingerprint density at radius 2 is 1.59 bits per heavy atom. The molecular weight excluding hydrogens is 784 g/mol. The van der Waals surface area contributed by atoms with Gasteiger partial charge >= 0.3 is 0 Å². The van der Waals surface area contributed by atoms with E-state index >= 15 is 8.78 Å². The number of nitrogens with two attached hydrogens (primary N) is 1. The van der Waals surface area contributed by atoms with Crippen molar-refractivity contribution in [2.24, 2.45) is 5.92 Å².